The van der Waals surface area contributed by atoms with Crippen molar-refractivity contribution in [2.45, 2.75) is 6.18 Å². The molecule has 2 nitrogen and oxygen atoms in total. The van der Waals surface area contributed by atoms with E-state index in [-0.39, 0.29) is 10.4 Å². The summed E-state index contributed by atoms with van der Waals surface area (Å²) in [5, 5.41) is 8.93. The topological polar surface area (TPSA) is 37.3 Å². The molecule has 0 saturated carbocycles. The smallest absolute Gasteiger partial charge is 0.419 e. The standard InChI is InChI=1S/C9H5BrClF3O2/c10-3-6(15)7-5(11)2-1-4(8(7)16)9(12,13)14/h1-2,16H,3H2. The number of alkyl halides is 4. The molecule has 0 aromatic heterocycles. The molecule has 1 aromatic rings. The van der Waals surface area contributed by atoms with Crippen LogP contribution < -0.4 is 0 Å². The molecule has 0 aliphatic carbocycles. The highest BCUT2D eigenvalue weighted by Gasteiger charge is 2.36. The molecule has 0 atom stereocenters. The number of benzene rings is 1. The molecule has 88 valence electrons. The fourth-order valence-corrected chi connectivity index (χ4v) is 1.67. The molecule has 1 rings (SSSR count). The van der Waals surface area contributed by atoms with E-state index in [1.807, 2.05) is 0 Å². The third-order valence-corrected chi connectivity index (χ3v) is 2.66. The molecule has 0 saturated heterocycles. The van der Waals surface area contributed by atoms with Crippen molar-refractivity contribution in [3.63, 3.8) is 0 Å². The van der Waals surface area contributed by atoms with Gasteiger partial charge in [0.1, 0.15) is 5.75 Å². The fourth-order valence-electron chi connectivity index (χ4n) is 1.13. The van der Waals surface area contributed by atoms with Crippen molar-refractivity contribution < 1.29 is 23.1 Å². The first-order chi connectivity index (χ1) is 7.29. The van der Waals surface area contributed by atoms with Gasteiger partial charge in [-0.1, -0.05) is 27.5 Å². The van der Waals surface area contributed by atoms with Gasteiger partial charge in [0.15, 0.2) is 5.78 Å². The Kier molecular flexibility index (Phi) is 3.85. The lowest BCUT2D eigenvalue weighted by Crippen LogP contribution is -2.09. The highest BCUT2D eigenvalue weighted by atomic mass is 79.9. The van der Waals surface area contributed by atoms with Crippen molar-refractivity contribution in [2.24, 2.45) is 0 Å². The highest BCUT2D eigenvalue weighted by molar-refractivity contribution is 9.09. The second-order valence-corrected chi connectivity index (χ2v) is 3.84. The Morgan fingerprint density at radius 3 is 2.44 bits per heavy atom. The van der Waals surface area contributed by atoms with Gasteiger partial charge in [-0.15, -0.1) is 0 Å². The van der Waals surface area contributed by atoms with Crippen LogP contribution in [0, 0.1) is 0 Å². The van der Waals surface area contributed by atoms with Gasteiger partial charge in [0.25, 0.3) is 0 Å². The second-order valence-electron chi connectivity index (χ2n) is 2.87. The van der Waals surface area contributed by atoms with Crippen LogP contribution in [0.4, 0.5) is 13.2 Å². The summed E-state index contributed by atoms with van der Waals surface area (Å²) in [4.78, 5) is 11.3. The Balaban J connectivity index is 3.45. The summed E-state index contributed by atoms with van der Waals surface area (Å²) >= 11 is 8.35. The van der Waals surface area contributed by atoms with Crippen LogP contribution in [0.3, 0.4) is 0 Å². The van der Waals surface area contributed by atoms with E-state index in [9.17, 15) is 23.1 Å². The van der Waals surface area contributed by atoms with Gasteiger partial charge >= 0.3 is 6.18 Å². The number of phenols is 1. The van der Waals surface area contributed by atoms with E-state index < -0.39 is 28.8 Å². The van der Waals surface area contributed by atoms with E-state index in [4.69, 9.17) is 11.6 Å². The third kappa shape index (κ3) is 2.49. The molecule has 0 spiro atoms. The Morgan fingerprint density at radius 2 is 2.00 bits per heavy atom. The van der Waals surface area contributed by atoms with E-state index >= 15 is 0 Å². The second kappa shape index (κ2) is 4.63. The highest BCUT2D eigenvalue weighted by Crippen LogP contribution is 2.40. The van der Waals surface area contributed by atoms with Crippen molar-refractivity contribution in [1.82, 2.24) is 0 Å². The van der Waals surface area contributed by atoms with Crippen LogP contribution in [0.1, 0.15) is 15.9 Å². The minimum atomic E-state index is -4.73. The van der Waals surface area contributed by atoms with Crippen LogP contribution in [0.15, 0.2) is 12.1 Å². The minimum Gasteiger partial charge on any atom is -0.506 e. The van der Waals surface area contributed by atoms with Gasteiger partial charge in [-0.05, 0) is 12.1 Å². The average Bonchev–Trinajstić information content (AvgIpc) is 2.15. The average molecular weight is 317 g/mol. The predicted octanol–water partition coefficient (Wildman–Crippen LogP) is 3.64. The van der Waals surface area contributed by atoms with Crippen molar-refractivity contribution in [3.05, 3.63) is 28.3 Å². The first-order valence-electron chi connectivity index (χ1n) is 3.97. The van der Waals surface area contributed by atoms with Gasteiger partial charge in [0.05, 0.1) is 21.5 Å². The molecule has 0 heterocycles. The Hall–Kier alpha value is -0.750. The number of rotatable bonds is 2. The van der Waals surface area contributed by atoms with Crippen LogP contribution in [-0.2, 0) is 6.18 Å². The van der Waals surface area contributed by atoms with Crippen molar-refractivity contribution in [2.75, 3.05) is 5.33 Å². The molecule has 1 aromatic carbocycles. The van der Waals surface area contributed by atoms with Crippen molar-refractivity contribution in [1.29, 1.82) is 0 Å². The van der Waals surface area contributed by atoms with E-state index in [1.165, 1.54) is 0 Å². The van der Waals surface area contributed by atoms with E-state index in [1.54, 1.807) is 0 Å². The zero-order valence-corrected chi connectivity index (χ0v) is 9.95. The molecule has 1 N–H and O–H groups in total. The summed E-state index contributed by atoms with van der Waals surface area (Å²) in [6, 6.07) is 1.56. The molecule has 0 unspecified atom stereocenters. The van der Waals surface area contributed by atoms with Crippen LogP contribution in [0.25, 0.3) is 0 Å². The third-order valence-electron chi connectivity index (χ3n) is 1.83. The normalized spacial score (nSPS) is 11.6. The van der Waals surface area contributed by atoms with Gasteiger partial charge < -0.3 is 5.11 Å². The number of hydrogen-bond donors (Lipinski definition) is 1. The first-order valence-corrected chi connectivity index (χ1v) is 5.46. The number of phenolic OH excluding ortho intramolecular Hbond substituents is 1. The maximum Gasteiger partial charge on any atom is 0.419 e. The molecule has 0 aliphatic heterocycles. The van der Waals surface area contributed by atoms with Crippen molar-refractivity contribution >= 4 is 33.3 Å². The summed E-state index contributed by atoms with van der Waals surface area (Å²) in [6.45, 7) is 0. The summed E-state index contributed by atoms with van der Waals surface area (Å²) in [6.07, 6.45) is -4.73. The maximum atomic E-state index is 12.4. The van der Waals surface area contributed by atoms with Gasteiger partial charge in [0, 0.05) is 0 Å². The van der Waals surface area contributed by atoms with E-state index in [2.05, 4.69) is 15.9 Å². The lowest BCUT2D eigenvalue weighted by atomic mass is 10.1. The quantitative estimate of drug-likeness (QED) is 0.668. The summed E-state index contributed by atoms with van der Waals surface area (Å²) in [5.74, 6) is -1.85. The summed E-state index contributed by atoms with van der Waals surface area (Å²) in [5.41, 5.74) is -1.80. The van der Waals surface area contributed by atoms with Crippen LogP contribution in [-0.4, -0.2) is 16.2 Å². The molecule has 16 heavy (non-hydrogen) atoms. The van der Waals surface area contributed by atoms with Gasteiger partial charge in [0.2, 0.25) is 0 Å². The predicted molar refractivity (Wildman–Crippen MR) is 56.2 cm³/mol. The van der Waals surface area contributed by atoms with Crippen LogP contribution in [0.5, 0.6) is 5.75 Å². The Morgan fingerprint density at radius 1 is 1.44 bits per heavy atom. The molecular formula is C9H5BrClF3O2. The number of ketones is 1. The monoisotopic (exact) mass is 316 g/mol. The zero-order valence-electron chi connectivity index (χ0n) is 7.61. The van der Waals surface area contributed by atoms with Gasteiger partial charge in [-0.25, -0.2) is 0 Å². The minimum absolute atomic E-state index is 0.213. The number of aromatic hydroxyl groups is 1. The molecular weight excluding hydrogens is 312 g/mol. The summed E-state index contributed by atoms with van der Waals surface area (Å²) < 4.78 is 37.2. The molecule has 0 radical (unpaired) electrons. The van der Waals surface area contributed by atoms with E-state index in [0.717, 1.165) is 6.07 Å². The number of carbonyl (C=O) groups excluding carboxylic acids is 1. The number of carbonyl (C=O) groups is 1. The molecule has 0 fully saturated rings. The lowest BCUT2D eigenvalue weighted by molar-refractivity contribution is -0.138. The summed E-state index contributed by atoms with van der Waals surface area (Å²) in [7, 11) is 0. The van der Waals surface area contributed by atoms with Crippen LogP contribution >= 0.6 is 27.5 Å². The Labute approximate surface area is 102 Å². The Bertz CT molecular complexity index is 431. The molecule has 0 bridgehead atoms. The lowest BCUT2D eigenvalue weighted by Gasteiger charge is -2.12. The van der Waals surface area contributed by atoms with Crippen LogP contribution in [0.2, 0.25) is 5.02 Å². The largest absolute Gasteiger partial charge is 0.506 e. The molecule has 0 amide bonds. The van der Waals surface area contributed by atoms with E-state index in [0.29, 0.717) is 6.07 Å². The maximum absolute atomic E-state index is 12.4. The first kappa shape index (κ1) is 13.3. The van der Waals surface area contributed by atoms with Gasteiger partial charge in [-0.2, -0.15) is 13.2 Å². The fraction of sp³-hybridized carbons (Fsp3) is 0.222. The number of hydrogen-bond acceptors (Lipinski definition) is 2. The van der Waals surface area contributed by atoms with Crippen molar-refractivity contribution in [3.8, 4) is 5.75 Å². The zero-order chi connectivity index (χ0) is 12.5. The SMILES string of the molecule is O=C(CBr)c1c(Cl)ccc(C(F)(F)F)c1O. The molecule has 0 aliphatic rings. The van der Waals surface area contributed by atoms with Gasteiger partial charge in [-0.3, -0.25) is 4.79 Å². The molecule has 7 heteroatoms. The number of Topliss-reactive ketones (excluding diaryl/α,β-unsaturated/α-hetero) is 1. The number of halogens is 5.